The van der Waals surface area contributed by atoms with Crippen LogP contribution < -0.4 is 10.1 Å². The maximum atomic E-state index is 12.4. The van der Waals surface area contributed by atoms with E-state index < -0.39 is 0 Å². The quantitative estimate of drug-likeness (QED) is 0.923. The number of hydrogen-bond acceptors (Lipinski definition) is 3. The van der Waals surface area contributed by atoms with Gasteiger partial charge in [0.05, 0.1) is 18.7 Å². The number of amides is 1. The fourth-order valence-electron chi connectivity index (χ4n) is 2.73. The molecule has 0 spiro atoms. The minimum atomic E-state index is -0.233. The number of carbonyl (C=O) groups is 1. The van der Waals surface area contributed by atoms with Crippen molar-refractivity contribution in [3.63, 3.8) is 0 Å². The zero-order valence-electron chi connectivity index (χ0n) is 13.8. The Bertz CT molecular complexity index is 677. The first-order valence-corrected chi connectivity index (χ1v) is 7.35. The molecule has 0 bridgehead atoms. The normalized spacial score (nSPS) is 12.0. The second-order valence-corrected chi connectivity index (χ2v) is 5.46. The molecule has 1 atom stereocenters. The van der Waals surface area contributed by atoms with E-state index in [-0.39, 0.29) is 11.8 Å². The first-order chi connectivity index (χ1) is 10.5. The van der Waals surface area contributed by atoms with Gasteiger partial charge in [0.1, 0.15) is 5.75 Å². The van der Waals surface area contributed by atoms with Crippen LogP contribution in [0.1, 0.15) is 35.4 Å². The van der Waals surface area contributed by atoms with Gasteiger partial charge in [0.2, 0.25) is 5.91 Å². The van der Waals surface area contributed by atoms with Crippen LogP contribution in [0.15, 0.2) is 24.3 Å². The van der Waals surface area contributed by atoms with Crippen LogP contribution in [0.4, 0.5) is 0 Å². The highest BCUT2D eigenvalue weighted by Crippen LogP contribution is 2.23. The van der Waals surface area contributed by atoms with Gasteiger partial charge < -0.3 is 10.1 Å². The molecule has 2 rings (SSSR count). The fourth-order valence-corrected chi connectivity index (χ4v) is 2.73. The summed E-state index contributed by atoms with van der Waals surface area (Å²) in [6.07, 6.45) is 0. The molecule has 1 aromatic heterocycles. The average molecular weight is 301 g/mol. The fraction of sp³-hybridized carbons (Fsp3) is 0.412. The molecular formula is C17H23N3O2. The number of aryl methyl sites for hydroxylation is 2. The van der Waals surface area contributed by atoms with Crippen LogP contribution in [0.25, 0.3) is 0 Å². The van der Waals surface area contributed by atoms with Crippen molar-refractivity contribution < 1.29 is 9.53 Å². The van der Waals surface area contributed by atoms with E-state index in [9.17, 15) is 4.79 Å². The van der Waals surface area contributed by atoms with E-state index in [1.54, 1.807) is 7.11 Å². The van der Waals surface area contributed by atoms with Gasteiger partial charge in [0.25, 0.3) is 0 Å². The van der Waals surface area contributed by atoms with Crippen molar-refractivity contribution in [1.82, 2.24) is 15.1 Å². The maximum absolute atomic E-state index is 12.4. The van der Waals surface area contributed by atoms with Gasteiger partial charge in [-0.1, -0.05) is 18.2 Å². The molecule has 1 amide bonds. The molecule has 22 heavy (non-hydrogen) atoms. The number of nitrogens with one attached hydrogen (secondary N) is 1. The molecule has 0 saturated carbocycles. The summed E-state index contributed by atoms with van der Waals surface area (Å²) >= 11 is 0. The molecule has 0 aliphatic rings. The lowest BCUT2D eigenvalue weighted by molar-refractivity contribution is -0.122. The van der Waals surface area contributed by atoms with Crippen molar-refractivity contribution in [2.75, 3.05) is 7.11 Å². The van der Waals surface area contributed by atoms with E-state index in [2.05, 4.69) is 10.4 Å². The van der Waals surface area contributed by atoms with Gasteiger partial charge in [-0.05, 0) is 26.8 Å². The van der Waals surface area contributed by atoms with Gasteiger partial charge in [0.15, 0.2) is 0 Å². The summed E-state index contributed by atoms with van der Waals surface area (Å²) in [7, 11) is 3.52. The Labute approximate surface area is 131 Å². The maximum Gasteiger partial charge on any atom is 0.227 e. The molecule has 2 aromatic rings. The smallest absolute Gasteiger partial charge is 0.227 e. The molecule has 0 unspecified atom stereocenters. The largest absolute Gasteiger partial charge is 0.496 e. The molecule has 5 heteroatoms. The Hall–Kier alpha value is -2.30. The lowest BCUT2D eigenvalue weighted by Gasteiger charge is -2.14. The minimum absolute atomic E-state index is 0.00916. The summed E-state index contributed by atoms with van der Waals surface area (Å²) in [6.45, 7) is 6.28. The van der Waals surface area contributed by atoms with Crippen LogP contribution in [0.3, 0.4) is 0 Å². The number of benzene rings is 1. The molecule has 5 nitrogen and oxygen atoms in total. The highest BCUT2D eigenvalue weighted by molar-refractivity contribution is 5.83. The number of ether oxygens (including phenoxy) is 1. The summed E-state index contributed by atoms with van der Waals surface area (Å²) in [5.74, 6) is 0.540. The number of methoxy groups -OCH3 is 1. The predicted octanol–water partition coefficient (Wildman–Crippen LogP) is 2.47. The lowest BCUT2D eigenvalue weighted by Crippen LogP contribution is -2.28. The van der Waals surface area contributed by atoms with Crippen LogP contribution in [-0.2, 0) is 18.4 Å². The second kappa shape index (κ2) is 6.64. The first kappa shape index (κ1) is 16.1. The monoisotopic (exact) mass is 301 g/mol. The van der Waals surface area contributed by atoms with E-state index in [0.29, 0.717) is 6.54 Å². The molecule has 118 valence electrons. The standard InChI is InChI=1S/C17H23N3O2/c1-11(16-12(2)19-20(4)13(16)3)17(21)18-10-14-8-6-7-9-15(14)22-5/h6-9,11H,10H2,1-5H3,(H,18,21)/t11-/m1/s1. The number of hydrogen-bond donors (Lipinski definition) is 1. The third kappa shape index (κ3) is 3.13. The third-order valence-electron chi connectivity index (χ3n) is 4.04. The van der Waals surface area contributed by atoms with Gasteiger partial charge in [-0.15, -0.1) is 0 Å². The van der Waals surface area contributed by atoms with Crippen LogP contribution in [0.5, 0.6) is 5.75 Å². The van der Waals surface area contributed by atoms with Crippen LogP contribution in [0, 0.1) is 13.8 Å². The lowest BCUT2D eigenvalue weighted by atomic mass is 9.98. The van der Waals surface area contributed by atoms with E-state index in [1.807, 2.05) is 56.8 Å². The summed E-state index contributed by atoms with van der Waals surface area (Å²) in [5.41, 5.74) is 3.89. The zero-order valence-corrected chi connectivity index (χ0v) is 13.8. The summed E-state index contributed by atoms with van der Waals surface area (Å²) in [4.78, 5) is 12.4. The third-order valence-corrected chi connectivity index (χ3v) is 4.04. The van der Waals surface area contributed by atoms with E-state index in [0.717, 1.165) is 28.3 Å². The topological polar surface area (TPSA) is 56.1 Å². The van der Waals surface area contributed by atoms with E-state index >= 15 is 0 Å². The summed E-state index contributed by atoms with van der Waals surface area (Å²) in [6, 6.07) is 7.68. The van der Waals surface area contributed by atoms with Crippen molar-refractivity contribution >= 4 is 5.91 Å². The highest BCUT2D eigenvalue weighted by Gasteiger charge is 2.22. The summed E-state index contributed by atoms with van der Waals surface area (Å²) in [5, 5.41) is 7.36. The Morgan fingerprint density at radius 3 is 2.64 bits per heavy atom. The summed E-state index contributed by atoms with van der Waals surface area (Å²) < 4.78 is 7.11. The van der Waals surface area contributed by atoms with Crippen LogP contribution in [0.2, 0.25) is 0 Å². The highest BCUT2D eigenvalue weighted by atomic mass is 16.5. The number of nitrogens with zero attached hydrogens (tertiary/aromatic N) is 2. The van der Waals surface area contributed by atoms with Gasteiger partial charge in [-0.2, -0.15) is 5.10 Å². The van der Waals surface area contributed by atoms with Gasteiger partial charge in [-0.25, -0.2) is 0 Å². The number of rotatable bonds is 5. The van der Waals surface area contributed by atoms with Gasteiger partial charge in [-0.3, -0.25) is 9.48 Å². The Morgan fingerprint density at radius 1 is 1.36 bits per heavy atom. The van der Waals surface area contributed by atoms with E-state index in [4.69, 9.17) is 4.74 Å². The molecule has 1 heterocycles. The van der Waals surface area contributed by atoms with Gasteiger partial charge in [0, 0.05) is 30.4 Å². The molecule has 0 aliphatic carbocycles. The number of aromatic nitrogens is 2. The molecule has 0 aliphatic heterocycles. The molecule has 0 fully saturated rings. The predicted molar refractivity (Wildman–Crippen MR) is 85.9 cm³/mol. The van der Waals surface area contributed by atoms with Crippen molar-refractivity contribution in [3.8, 4) is 5.75 Å². The molecule has 1 N–H and O–H groups in total. The van der Waals surface area contributed by atoms with Crippen molar-refractivity contribution in [3.05, 3.63) is 46.8 Å². The molecule has 0 radical (unpaired) electrons. The van der Waals surface area contributed by atoms with Crippen LogP contribution in [-0.4, -0.2) is 22.8 Å². The van der Waals surface area contributed by atoms with Crippen molar-refractivity contribution in [2.45, 2.75) is 33.2 Å². The average Bonchev–Trinajstić information content (AvgIpc) is 2.77. The zero-order chi connectivity index (χ0) is 16.3. The molecule has 1 aromatic carbocycles. The number of carbonyl (C=O) groups excluding carboxylic acids is 1. The van der Waals surface area contributed by atoms with Gasteiger partial charge >= 0.3 is 0 Å². The first-order valence-electron chi connectivity index (χ1n) is 7.35. The molecule has 0 saturated heterocycles. The van der Waals surface area contributed by atoms with Crippen molar-refractivity contribution in [1.29, 1.82) is 0 Å². The Morgan fingerprint density at radius 2 is 2.05 bits per heavy atom. The Balaban J connectivity index is 2.09. The van der Waals surface area contributed by atoms with E-state index in [1.165, 1.54) is 0 Å². The molecular weight excluding hydrogens is 278 g/mol. The Kier molecular flexibility index (Phi) is 4.85. The van der Waals surface area contributed by atoms with Crippen LogP contribution >= 0.6 is 0 Å². The van der Waals surface area contributed by atoms with Crippen molar-refractivity contribution in [2.24, 2.45) is 7.05 Å². The number of para-hydroxylation sites is 1. The second-order valence-electron chi connectivity index (χ2n) is 5.46. The minimum Gasteiger partial charge on any atom is -0.496 e. The SMILES string of the molecule is COc1ccccc1CNC(=O)[C@H](C)c1c(C)nn(C)c1C.